The summed E-state index contributed by atoms with van der Waals surface area (Å²) in [5.41, 5.74) is 2.25. The van der Waals surface area contributed by atoms with Crippen molar-refractivity contribution in [1.82, 2.24) is 0 Å². The van der Waals surface area contributed by atoms with Gasteiger partial charge in [-0.3, -0.25) is 14.5 Å². The molecule has 1 N–H and O–H groups in total. The SMILES string of the molecule is COC(=O)c1cccc(N2C(=O)C(=O)/C(=C(/O)c3ccc4c(c3)CC(C)O4)C2c2ccccc2OC)c1. The third kappa shape index (κ3) is 4.10. The van der Waals surface area contributed by atoms with Gasteiger partial charge in [-0.2, -0.15) is 0 Å². The maximum Gasteiger partial charge on any atom is 0.337 e. The quantitative estimate of drug-likeness (QED) is 0.240. The van der Waals surface area contributed by atoms with Crippen molar-refractivity contribution in [3.05, 3.63) is 94.6 Å². The maximum atomic E-state index is 13.5. The predicted octanol–water partition coefficient (Wildman–Crippen LogP) is 4.43. The lowest BCUT2D eigenvalue weighted by Gasteiger charge is -2.27. The standard InChI is InChI=1S/C29H25NO7/c1-16-13-19-14-17(11-12-22(19)37-16)26(31)24-25(21-9-4-5-10-23(21)35-2)30(28(33)27(24)32)20-8-6-7-18(15-20)29(34)36-3/h4-12,14-16,25,31H,13H2,1-3H3/b26-24+. The Bertz CT molecular complexity index is 1460. The molecule has 2 heterocycles. The summed E-state index contributed by atoms with van der Waals surface area (Å²) in [4.78, 5) is 40.4. The van der Waals surface area contributed by atoms with E-state index in [1.807, 2.05) is 6.92 Å². The number of fused-ring (bicyclic) bond motifs is 1. The highest BCUT2D eigenvalue weighted by Crippen LogP contribution is 2.45. The van der Waals surface area contributed by atoms with Crippen LogP contribution in [0, 0.1) is 0 Å². The van der Waals surface area contributed by atoms with E-state index in [0.29, 0.717) is 29.0 Å². The van der Waals surface area contributed by atoms with Crippen LogP contribution in [0.2, 0.25) is 0 Å². The summed E-state index contributed by atoms with van der Waals surface area (Å²) in [6.07, 6.45) is 0.676. The molecule has 2 aliphatic rings. The van der Waals surface area contributed by atoms with Gasteiger partial charge in [0.2, 0.25) is 0 Å². The van der Waals surface area contributed by atoms with E-state index < -0.39 is 23.7 Å². The molecule has 8 nitrogen and oxygen atoms in total. The molecule has 0 aliphatic carbocycles. The van der Waals surface area contributed by atoms with Crippen molar-refractivity contribution in [2.45, 2.75) is 25.5 Å². The fourth-order valence-electron chi connectivity index (χ4n) is 4.91. The van der Waals surface area contributed by atoms with Gasteiger partial charge in [-0.1, -0.05) is 24.3 Å². The molecule has 2 aliphatic heterocycles. The van der Waals surface area contributed by atoms with Gasteiger partial charge in [0.25, 0.3) is 11.7 Å². The van der Waals surface area contributed by atoms with Crippen molar-refractivity contribution in [2.75, 3.05) is 19.1 Å². The van der Waals surface area contributed by atoms with Gasteiger partial charge in [-0.25, -0.2) is 4.79 Å². The minimum atomic E-state index is -1.01. The number of ketones is 1. The second-order valence-corrected chi connectivity index (χ2v) is 8.91. The number of Topliss-reactive ketones (excluding diaryl/α,β-unsaturated/α-hetero) is 1. The van der Waals surface area contributed by atoms with Crippen molar-refractivity contribution < 1.29 is 33.7 Å². The number of aliphatic hydroxyl groups excluding tert-OH is 1. The van der Waals surface area contributed by atoms with Gasteiger partial charge in [-0.15, -0.1) is 0 Å². The summed E-state index contributed by atoms with van der Waals surface area (Å²) in [7, 11) is 2.75. The van der Waals surface area contributed by atoms with Crippen molar-refractivity contribution >= 4 is 29.1 Å². The van der Waals surface area contributed by atoms with Crippen LogP contribution >= 0.6 is 0 Å². The molecule has 0 bridgehead atoms. The first kappa shape index (κ1) is 24.1. The highest BCUT2D eigenvalue weighted by atomic mass is 16.5. The number of para-hydroxylation sites is 1. The molecule has 8 heteroatoms. The van der Waals surface area contributed by atoms with Crippen molar-refractivity contribution in [2.24, 2.45) is 0 Å². The molecule has 1 saturated heterocycles. The Hall–Kier alpha value is -4.59. The number of carbonyl (C=O) groups excluding carboxylic acids is 3. The van der Waals surface area contributed by atoms with Gasteiger partial charge in [0.05, 0.1) is 31.4 Å². The van der Waals surface area contributed by atoms with Gasteiger partial charge in [-0.05, 0) is 55.0 Å². The molecule has 2 unspecified atom stereocenters. The topological polar surface area (TPSA) is 102 Å². The molecule has 0 spiro atoms. The Balaban J connectivity index is 1.71. The highest BCUT2D eigenvalue weighted by Gasteiger charge is 2.48. The van der Waals surface area contributed by atoms with Crippen LogP contribution in [-0.4, -0.2) is 43.1 Å². The lowest BCUT2D eigenvalue weighted by atomic mass is 9.93. The van der Waals surface area contributed by atoms with E-state index in [2.05, 4.69) is 0 Å². The molecule has 1 amide bonds. The molecule has 2 atom stereocenters. The van der Waals surface area contributed by atoms with Crippen molar-refractivity contribution in [1.29, 1.82) is 0 Å². The van der Waals surface area contributed by atoms with Gasteiger partial charge in [0.15, 0.2) is 0 Å². The Morgan fingerprint density at radius 2 is 1.78 bits per heavy atom. The second-order valence-electron chi connectivity index (χ2n) is 8.91. The largest absolute Gasteiger partial charge is 0.507 e. The summed E-state index contributed by atoms with van der Waals surface area (Å²) < 4.78 is 16.1. The first-order chi connectivity index (χ1) is 17.8. The average Bonchev–Trinajstić information content (AvgIpc) is 3.42. The number of methoxy groups -OCH3 is 2. The number of anilines is 1. The fraction of sp³-hybridized carbons (Fsp3) is 0.207. The molecule has 1 fully saturated rings. The zero-order valence-corrected chi connectivity index (χ0v) is 20.6. The summed E-state index contributed by atoms with van der Waals surface area (Å²) in [6, 6.07) is 17.4. The molecule has 0 saturated carbocycles. The number of rotatable bonds is 5. The smallest absolute Gasteiger partial charge is 0.337 e. The number of esters is 1. The number of benzene rings is 3. The zero-order chi connectivity index (χ0) is 26.3. The van der Waals surface area contributed by atoms with Crippen LogP contribution in [0.4, 0.5) is 5.69 Å². The van der Waals surface area contributed by atoms with Crippen LogP contribution in [0.15, 0.2) is 72.3 Å². The van der Waals surface area contributed by atoms with E-state index in [-0.39, 0.29) is 23.0 Å². The van der Waals surface area contributed by atoms with E-state index in [9.17, 15) is 19.5 Å². The fourth-order valence-corrected chi connectivity index (χ4v) is 4.91. The highest BCUT2D eigenvalue weighted by molar-refractivity contribution is 6.51. The Morgan fingerprint density at radius 1 is 1.00 bits per heavy atom. The number of carbonyl (C=O) groups is 3. The lowest BCUT2D eigenvalue weighted by molar-refractivity contribution is -0.132. The van der Waals surface area contributed by atoms with E-state index in [0.717, 1.165) is 11.3 Å². The monoisotopic (exact) mass is 499 g/mol. The molecular formula is C29H25NO7. The normalized spacial score (nSPS) is 19.9. The van der Waals surface area contributed by atoms with Crippen LogP contribution in [0.5, 0.6) is 11.5 Å². The maximum absolute atomic E-state index is 13.5. The minimum Gasteiger partial charge on any atom is -0.507 e. The Morgan fingerprint density at radius 3 is 2.54 bits per heavy atom. The number of ether oxygens (including phenoxy) is 3. The van der Waals surface area contributed by atoms with E-state index in [1.165, 1.54) is 25.2 Å². The third-order valence-electron chi connectivity index (χ3n) is 6.59. The molecule has 0 radical (unpaired) electrons. The third-order valence-corrected chi connectivity index (χ3v) is 6.59. The number of hydrogen-bond acceptors (Lipinski definition) is 7. The summed E-state index contributed by atoms with van der Waals surface area (Å²) >= 11 is 0. The van der Waals surface area contributed by atoms with Crippen LogP contribution in [0.3, 0.4) is 0 Å². The predicted molar refractivity (Wildman–Crippen MR) is 136 cm³/mol. The van der Waals surface area contributed by atoms with Gasteiger partial charge < -0.3 is 19.3 Å². The first-order valence-corrected chi connectivity index (χ1v) is 11.8. The summed E-state index contributed by atoms with van der Waals surface area (Å²) in [5, 5.41) is 11.5. The van der Waals surface area contributed by atoms with Crippen LogP contribution in [-0.2, 0) is 20.7 Å². The van der Waals surface area contributed by atoms with E-state index in [1.54, 1.807) is 60.7 Å². The molecular weight excluding hydrogens is 474 g/mol. The average molecular weight is 500 g/mol. The van der Waals surface area contributed by atoms with Gasteiger partial charge in [0, 0.05) is 23.2 Å². The number of aliphatic hydroxyl groups is 1. The molecule has 0 aromatic heterocycles. The molecule has 37 heavy (non-hydrogen) atoms. The summed E-state index contributed by atoms with van der Waals surface area (Å²) in [6.45, 7) is 1.95. The van der Waals surface area contributed by atoms with Crippen molar-refractivity contribution in [3.63, 3.8) is 0 Å². The lowest BCUT2D eigenvalue weighted by Crippen LogP contribution is -2.29. The van der Waals surface area contributed by atoms with E-state index in [4.69, 9.17) is 14.2 Å². The minimum absolute atomic E-state index is 0.00800. The van der Waals surface area contributed by atoms with Crippen LogP contribution < -0.4 is 14.4 Å². The summed E-state index contributed by atoms with van der Waals surface area (Å²) in [5.74, 6) is -1.40. The first-order valence-electron chi connectivity index (χ1n) is 11.8. The number of amides is 1. The number of hydrogen-bond donors (Lipinski definition) is 1. The van der Waals surface area contributed by atoms with E-state index >= 15 is 0 Å². The Labute approximate surface area is 213 Å². The molecule has 188 valence electrons. The van der Waals surface area contributed by atoms with Gasteiger partial charge in [0.1, 0.15) is 23.4 Å². The molecule has 3 aromatic carbocycles. The van der Waals surface area contributed by atoms with Crippen LogP contribution in [0.1, 0.15) is 40.0 Å². The van der Waals surface area contributed by atoms with Crippen LogP contribution in [0.25, 0.3) is 5.76 Å². The van der Waals surface area contributed by atoms with Crippen molar-refractivity contribution in [3.8, 4) is 11.5 Å². The number of nitrogens with zero attached hydrogens (tertiary/aromatic N) is 1. The molecule has 3 aromatic rings. The Kier molecular flexibility index (Phi) is 6.17. The second kappa shape index (κ2) is 9.46. The molecule has 5 rings (SSSR count). The zero-order valence-electron chi connectivity index (χ0n) is 20.6. The van der Waals surface area contributed by atoms with Gasteiger partial charge >= 0.3 is 5.97 Å².